The second-order valence-electron chi connectivity index (χ2n) is 5.74. The predicted molar refractivity (Wildman–Crippen MR) is 63.5 cm³/mol. The van der Waals surface area contributed by atoms with Gasteiger partial charge in [0.25, 0.3) is 0 Å². The Morgan fingerprint density at radius 2 is 1.93 bits per heavy atom. The highest BCUT2D eigenvalue weighted by Crippen LogP contribution is 2.30. The summed E-state index contributed by atoms with van der Waals surface area (Å²) < 4.78 is 0. The lowest BCUT2D eigenvalue weighted by atomic mass is 9.82. The monoisotopic (exact) mass is 197 g/mol. The molecule has 0 aromatic heterocycles. The lowest BCUT2D eigenvalue weighted by Crippen LogP contribution is -2.44. The highest BCUT2D eigenvalue weighted by atomic mass is 15.0. The van der Waals surface area contributed by atoms with Crippen molar-refractivity contribution in [1.29, 1.82) is 0 Å². The van der Waals surface area contributed by atoms with E-state index in [2.05, 4.69) is 33.0 Å². The summed E-state index contributed by atoms with van der Waals surface area (Å²) in [6.45, 7) is 10.4. The maximum absolute atomic E-state index is 3.66. The molecule has 0 radical (unpaired) electrons. The summed E-state index contributed by atoms with van der Waals surface area (Å²) in [5.74, 6) is 1.78. The minimum absolute atomic E-state index is 0.305. The van der Waals surface area contributed by atoms with E-state index >= 15 is 0 Å². The third kappa shape index (κ3) is 3.61. The van der Waals surface area contributed by atoms with Crippen LogP contribution in [0, 0.1) is 11.8 Å². The molecule has 84 valence electrons. The van der Waals surface area contributed by atoms with Crippen LogP contribution < -0.4 is 5.32 Å². The van der Waals surface area contributed by atoms with Crippen molar-refractivity contribution < 1.29 is 0 Å². The molecule has 1 aliphatic carbocycles. The van der Waals surface area contributed by atoms with Crippen LogP contribution in [0.4, 0.5) is 0 Å². The van der Waals surface area contributed by atoms with E-state index in [0.717, 1.165) is 5.92 Å². The summed E-state index contributed by atoms with van der Waals surface area (Å²) in [6, 6.07) is 0. The molecule has 14 heavy (non-hydrogen) atoms. The van der Waals surface area contributed by atoms with E-state index in [1.54, 1.807) is 0 Å². The Kier molecular flexibility index (Phi) is 4.43. The van der Waals surface area contributed by atoms with Crippen molar-refractivity contribution in [3.63, 3.8) is 0 Å². The molecular weight excluding hydrogens is 170 g/mol. The fourth-order valence-electron chi connectivity index (χ4n) is 1.79. The van der Waals surface area contributed by atoms with E-state index < -0.39 is 0 Å². The van der Waals surface area contributed by atoms with Crippen molar-refractivity contribution >= 4 is 0 Å². The first-order valence-corrected chi connectivity index (χ1v) is 6.27. The molecule has 1 nitrogen and oxygen atoms in total. The highest BCUT2D eigenvalue weighted by molar-refractivity contribution is 4.81. The van der Waals surface area contributed by atoms with Crippen molar-refractivity contribution in [2.75, 3.05) is 6.54 Å². The summed E-state index contributed by atoms with van der Waals surface area (Å²) in [7, 11) is 0. The molecule has 0 aromatic rings. The Hall–Kier alpha value is -0.0400. The summed E-state index contributed by atoms with van der Waals surface area (Å²) in [5, 5.41) is 3.66. The third-order valence-corrected chi connectivity index (χ3v) is 4.04. The molecule has 0 aromatic carbocycles. The molecule has 1 fully saturated rings. The van der Waals surface area contributed by atoms with Crippen molar-refractivity contribution in [3.8, 4) is 0 Å². The average molecular weight is 197 g/mol. The van der Waals surface area contributed by atoms with Gasteiger partial charge < -0.3 is 5.32 Å². The standard InChI is InChI=1S/C13H27N/c1-11(2)13(3,4)14-10-6-9-12-7-5-8-12/h11-12,14H,5-10H2,1-4H3. The van der Waals surface area contributed by atoms with Gasteiger partial charge in [0, 0.05) is 5.54 Å². The number of nitrogens with one attached hydrogen (secondary N) is 1. The zero-order chi connectivity index (χ0) is 10.6. The lowest BCUT2D eigenvalue weighted by Gasteiger charge is -2.31. The van der Waals surface area contributed by atoms with Crippen LogP contribution >= 0.6 is 0 Å². The van der Waals surface area contributed by atoms with Crippen molar-refractivity contribution in [3.05, 3.63) is 0 Å². The minimum Gasteiger partial charge on any atom is -0.312 e. The summed E-state index contributed by atoms with van der Waals surface area (Å²) in [6.07, 6.45) is 7.28. The second-order valence-corrected chi connectivity index (χ2v) is 5.74. The van der Waals surface area contributed by atoms with Crippen molar-refractivity contribution in [2.24, 2.45) is 11.8 Å². The van der Waals surface area contributed by atoms with Gasteiger partial charge in [0.1, 0.15) is 0 Å². The molecule has 0 heterocycles. The maximum Gasteiger partial charge on any atom is 0.0148 e. The Morgan fingerprint density at radius 3 is 2.36 bits per heavy atom. The first-order valence-electron chi connectivity index (χ1n) is 6.27. The molecule has 0 atom stereocenters. The fourth-order valence-corrected chi connectivity index (χ4v) is 1.79. The van der Waals surface area contributed by atoms with E-state index in [-0.39, 0.29) is 0 Å². The molecule has 0 unspecified atom stereocenters. The Labute approximate surface area is 89.7 Å². The van der Waals surface area contributed by atoms with Gasteiger partial charge in [-0.15, -0.1) is 0 Å². The van der Waals surface area contributed by atoms with Crippen LogP contribution in [0.2, 0.25) is 0 Å². The van der Waals surface area contributed by atoms with Gasteiger partial charge in [-0.05, 0) is 45.1 Å². The van der Waals surface area contributed by atoms with Crippen LogP contribution in [0.5, 0.6) is 0 Å². The van der Waals surface area contributed by atoms with Crippen LogP contribution in [0.3, 0.4) is 0 Å². The van der Waals surface area contributed by atoms with E-state index in [4.69, 9.17) is 0 Å². The first kappa shape index (κ1) is 12.0. The topological polar surface area (TPSA) is 12.0 Å². The molecule has 0 aliphatic heterocycles. The van der Waals surface area contributed by atoms with Gasteiger partial charge in [-0.2, -0.15) is 0 Å². The normalized spacial score (nSPS) is 18.6. The molecule has 1 heteroatoms. The van der Waals surface area contributed by atoms with Crippen LogP contribution in [0.25, 0.3) is 0 Å². The summed E-state index contributed by atoms with van der Waals surface area (Å²) in [5.41, 5.74) is 0.305. The molecule has 0 saturated heterocycles. The van der Waals surface area contributed by atoms with E-state index in [9.17, 15) is 0 Å². The third-order valence-electron chi connectivity index (χ3n) is 4.04. The zero-order valence-electron chi connectivity index (χ0n) is 10.4. The quantitative estimate of drug-likeness (QED) is 0.642. The van der Waals surface area contributed by atoms with Crippen LogP contribution in [-0.4, -0.2) is 12.1 Å². The van der Waals surface area contributed by atoms with E-state index in [1.165, 1.54) is 38.6 Å². The van der Waals surface area contributed by atoms with Crippen molar-refractivity contribution in [1.82, 2.24) is 5.32 Å². The Morgan fingerprint density at radius 1 is 1.29 bits per heavy atom. The van der Waals surface area contributed by atoms with Crippen LogP contribution in [0.15, 0.2) is 0 Å². The number of hydrogen-bond donors (Lipinski definition) is 1. The first-order chi connectivity index (χ1) is 6.52. The largest absolute Gasteiger partial charge is 0.312 e. The lowest BCUT2D eigenvalue weighted by molar-refractivity contribution is 0.260. The second kappa shape index (κ2) is 5.16. The van der Waals surface area contributed by atoms with Crippen LogP contribution in [0.1, 0.15) is 59.8 Å². The van der Waals surface area contributed by atoms with Gasteiger partial charge in [-0.1, -0.05) is 33.1 Å². The van der Waals surface area contributed by atoms with Gasteiger partial charge >= 0.3 is 0 Å². The Balaban J connectivity index is 2.01. The molecule has 1 rings (SSSR count). The molecule has 0 amide bonds. The molecular formula is C13H27N. The summed E-state index contributed by atoms with van der Waals surface area (Å²) in [4.78, 5) is 0. The van der Waals surface area contributed by atoms with Gasteiger partial charge in [0.15, 0.2) is 0 Å². The molecule has 1 aliphatic rings. The van der Waals surface area contributed by atoms with Gasteiger partial charge in [-0.3, -0.25) is 0 Å². The van der Waals surface area contributed by atoms with Gasteiger partial charge in [-0.25, -0.2) is 0 Å². The molecule has 0 spiro atoms. The van der Waals surface area contributed by atoms with E-state index in [1.807, 2.05) is 0 Å². The van der Waals surface area contributed by atoms with E-state index in [0.29, 0.717) is 11.5 Å². The fraction of sp³-hybridized carbons (Fsp3) is 1.00. The average Bonchev–Trinajstić information content (AvgIpc) is 2.00. The van der Waals surface area contributed by atoms with Crippen molar-refractivity contribution in [2.45, 2.75) is 65.3 Å². The highest BCUT2D eigenvalue weighted by Gasteiger charge is 2.21. The van der Waals surface area contributed by atoms with Crippen LogP contribution in [-0.2, 0) is 0 Å². The van der Waals surface area contributed by atoms with Gasteiger partial charge in [0.2, 0.25) is 0 Å². The smallest absolute Gasteiger partial charge is 0.0148 e. The number of hydrogen-bond acceptors (Lipinski definition) is 1. The van der Waals surface area contributed by atoms with Gasteiger partial charge in [0.05, 0.1) is 0 Å². The molecule has 1 N–H and O–H groups in total. The number of rotatable bonds is 6. The maximum atomic E-state index is 3.66. The SMILES string of the molecule is CC(C)C(C)(C)NCCCC1CCC1. The minimum atomic E-state index is 0.305. The molecule has 0 bridgehead atoms. The summed E-state index contributed by atoms with van der Waals surface area (Å²) >= 11 is 0. The molecule has 1 saturated carbocycles. The predicted octanol–water partition coefficient (Wildman–Crippen LogP) is 3.59. The zero-order valence-corrected chi connectivity index (χ0v) is 10.4. The Bertz CT molecular complexity index is 157.